The molecule has 1 N–H and O–H groups in total. The van der Waals surface area contributed by atoms with Gasteiger partial charge in [0.15, 0.2) is 5.82 Å². The zero-order valence-electron chi connectivity index (χ0n) is 9.56. The van der Waals surface area contributed by atoms with Crippen LogP contribution in [-0.2, 0) is 16.4 Å². The Hall–Kier alpha value is -0.950. The maximum atomic E-state index is 11.2. The summed E-state index contributed by atoms with van der Waals surface area (Å²) < 4.78 is 27.1. The van der Waals surface area contributed by atoms with Gasteiger partial charge < -0.3 is 9.84 Å². The number of rotatable bonds is 7. The second-order valence-corrected chi connectivity index (χ2v) is 5.97. The van der Waals surface area contributed by atoms with Crippen molar-refractivity contribution in [3.8, 4) is 0 Å². The van der Waals surface area contributed by atoms with Crippen molar-refractivity contribution < 1.29 is 12.9 Å². The average Bonchev–Trinajstić information content (AvgIpc) is 2.64. The molecule has 0 bridgehead atoms. The van der Waals surface area contributed by atoms with Gasteiger partial charge in [-0.25, -0.2) is 8.42 Å². The van der Waals surface area contributed by atoms with E-state index in [0.717, 1.165) is 0 Å². The molecule has 0 saturated heterocycles. The zero-order chi connectivity index (χ0) is 12.0. The number of aryl methyl sites for hydroxylation is 1. The van der Waals surface area contributed by atoms with Crippen LogP contribution in [0.15, 0.2) is 4.52 Å². The molecule has 0 aliphatic carbocycles. The normalized spacial score (nSPS) is 11.9. The number of nitrogens with one attached hydrogen (secondary N) is 1. The standard InChI is InChI=1S/C9H17N3O3S/c1-3-16(13,14)6-4-5-10-7-9-11-8(2)15-12-9/h10H,3-7H2,1-2H3. The fraction of sp³-hybridized carbons (Fsp3) is 0.778. The minimum absolute atomic E-state index is 0.205. The van der Waals surface area contributed by atoms with Gasteiger partial charge in [-0.2, -0.15) is 4.98 Å². The van der Waals surface area contributed by atoms with E-state index in [1.807, 2.05) is 0 Å². The third-order valence-electron chi connectivity index (χ3n) is 2.10. The van der Waals surface area contributed by atoms with Gasteiger partial charge in [-0.15, -0.1) is 0 Å². The molecule has 1 rings (SSSR count). The van der Waals surface area contributed by atoms with E-state index in [1.54, 1.807) is 13.8 Å². The Morgan fingerprint density at radius 1 is 1.44 bits per heavy atom. The maximum Gasteiger partial charge on any atom is 0.223 e. The first kappa shape index (κ1) is 13.1. The van der Waals surface area contributed by atoms with E-state index in [0.29, 0.717) is 31.2 Å². The van der Waals surface area contributed by atoms with Crippen LogP contribution in [-0.4, -0.2) is 36.6 Å². The van der Waals surface area contributed by atoms with Crippen LogP contribution in [0.1, 0.15) is 25.1 Å². The van der Waals surface area contributed by atoms with E-state index in [1.165, 1.54) is 0 Å². The third kappa shape index (κ3) is 4.71. The number of sulfone groups is 1. The van der Waals surface area contributed by atoms with Gasteiger partial charge in [0.25, 0.3) is 0 Å². The Balaban J connectivity index is 2.13. The molecule has 0 aliphatic rings. The predicted octanol–water partition coefficient (Wildman–Crippen LogP) is 0.292. The predicted molar refractivity (Wildman–Crippen MR) is 59.7 cm³/mol. The maximum absolute atomic E-state index is 11.2. The highest BCUT2D eigenvalue weighted by atomic mass is 32.2. The fourth-order valence-corrected chi connectivity index (χ4v) is 2.05. The molecule has 1 aromatic heterocycles. The average molecular weight is 247 g/mol. The molecule has 0 radical (unpaired) electrons. The lowest BCUT2D eigenvalue weighted by molar-refractivity contribution is 0.385. The van der Waals surface area contributed by atoms with Gasteiger partial charge in [0, 0.05) is 12.7 Å². The van der Waals surface area contributed by atoms with Crippen LogP contribution in [0.2, 0.25) is 0 Å². The van der Waals surface area contributed by atoms with Gasteiger partial charge in [0.05, 0.1) is 12.3 Å². The molecule has 7 heteroatoms. The van der Waals surface area contributed by atoms with E-state index >= 15 is 0 Å². The van der Waals surface area contributed by atoms with Gasteiger partial charge in [-0.05, 0) is 13.0 Å². The summed E-state index contributed by atoms with van der Waals surface area (Å²) in [6.07, 6.45) is 0.604. The monoisotopic (exact) mass is 247 g/mol. The van der Waals surface area contributed by atoms with E-state index in [2.05, 4.69) is 15.5 Å². The Bertz CT molecular complexity index is 413. The lowest BCUT2D eigenvalue weighted by Gasteiger charge is -2.02. The highest BCUT2D eigenvalue weighted by Gasteiger charge is 2.06. The van der Waals surface area contributed by atoms with E-state index in [4.69, 9.17) is 4.52 Å². The van der Waals surface area contributed by atoms with Crippen molar-refractivity contribution in [3.05, 3.63) is 11.7 Å². The van der Waals surface area contributed by atoms with Crippen LogP contribution in [0.4, 0.5) is 0 Å². The van der Waals surface area contributed by atoms with Crippen molar-refractivity contribution in [1.82, 2.24) is 15.5 Å². The van der Waals surface area contributed by atoms with Gasteiger partial charge in [0.2, 0.25) is 5.89 Å². The lowest BCUT2D eigenvalue weighted by Crippen LogP contribution is -2.19. The largest absolute Gasteiger partial charge is 0.340 e. The second kappa shape index (κ2) is 5.95. The van der Waals surface area contributed by atoms with E-state index in [9.17, 15) is 8.42 Å². The fourth-order valence-electron chi connectivity index (χ4n) is 1.17. The summed E-state index contributed by atoms with van der Waals surface area (Å²) >= 11 is 0. The van der Waals surface area contributed by atoms with Crippen molar-refractivity contribution in [2.24, 2.45) is 0 Å². The summed E-state index contributed by atoms with van der Waals surface area (Å²) in [6, 6.07) is 0. The number of nitrogens with zero attached hydrogens (tertiary/aromatic N) is 2. The SMILES string of the molecule is CCS(=O)(=O)CCCNCc1noc(C)n1. The van der Waals surface area contributed by atoms with Crippen molar-refractivity contribution >= 4 is 9.84 Å². The third-order valence-corrected chi connectivity index (χ3v) is 3.89. The molecule has 0 unspecified atom stereocenters. The molecule has 6 nitrogen and oxygen atoms in total. The van der Waals surface area contributed by atoms with Crippen molar-refractivity contribution in [3.63, 3.8) is 0 Å². The van der Waals surface area contributed by atoms with Crippen LogP contribution in [0, 0.1) is 6.92 Å². The minimum atomic E-state index is -2.85. The highest BCUT2D eigenvalue weighted by Crippen LogP contribution is 1.95. The first-order valence-electron chi connectivity index (χ1n) is 5.24. The highest BCUT2D eigenvalue weighted by molar-refractivity contribution is 7.91. The minimum Gasteiger partial charge on any atom is -0.340 e. The Morgan fingerprint density at radius 2 is 2.19 bits per heavy atom. The molecule has 1 heterocycles. The number of aromatic nitrogens is 2. The summed E-state index contributed by atoms with van der Waals surface area (Å²) in [7, 11) is -2.85. The van der Waals surface area contributed by atoms with Crippen LogP contribution >= 0.6 is 0 Å². The van der Waals surface area contributed by atoms with Crippen LogP contribution in [0.25, 0.3) is 0 Å². The summed E-state index contributed by atoms with van der Waals surface area (Å²) in [4.78, 5) is 4.01. The Labute approximate surface area is 95.3 Å². The van der Waals surface area contributed by atoms with Crippen LogP contribution < -0.4 is 5.32 Å². The first-order chi connectivity index (χ1) is 7.53. The molecular weight excluding hydrogens is 230 g/mol. The van der Waals surface area contributed by atoms with Crippen LogP contribution in [0.5, 0.6) is 0 Å². The van der Waals surface area contributed by atoms with Crippen LogP contribution in [0.3, 0.4) is 0 Å². The van der Waals surface area contributed by atoms with Gasteiger partial charge in [-0.1, -0.05) is 12.1 Å². The summed E-state index contributed by atoms with van der Waals surface area (Å²) in [6.45, 7) is 4.52. The van der Waals surface area contributed by atoms with E-state index < -0.39 is 9.84 Å². The summed E-state index contributed by atoms with van der Waals surface area (Å²) in [5.74, 6) is 1.56. The van der Waals surface area contributed by atoms with Crippen molar-refractivity contribution in [2.45, 2.75) is 26.8 Å². The quantitative estimate of drug-likeness (QED) is 0.697. The molecule has 0 spiro atoms. The molecule has 0 aliphatic heterocycles. The molecule has 16 heavy (non-hydrogen) atoms. The first-order valence-corrected chi connectivity index (χ1v) is 7.06. The van der Waals surface area contributed by atoms with Crippen molar-refractivity contribution in [2.75, 3.05) is 18.1 Å². The Kier molecular flexibility index (Phi) is 4.88. The summed E-state index contributed by atoms with van der Waals surface area (Å²) in [5, 5.41) is 6.77. The Morgan fingerprint density at radius 3 is 2.75 bits per heavy atom. The molecule has 0 fully saturated rings. The second-order valence-electron chi connectivity index (χ2n) is 3.50. The molecule has 0 aromatic carbocycles. The van der Waals surface area contributed by atoms with Gasteiger partial charge >= 0.3 is 0 Å². The van der Waals surface area contributed by atoms with E-state index in [-0.39, 0.29) is 11.5 Å². The number of hydrogen-bond acceptors (Lipinski definition) is 6. The lowest BCUT2D eigenvalue weighted by atomic mass is 10.4. The van der Waals surface area contributed by atoms with Gasteiger partial charge in [-0.3, -0.25) is 0 Å². The molecule has 0 amide bonds. The molecule has 92 valence electrons. The van der Waals surface area contributed by atoms with Crippen molar-refractivity contribution in [1.29, 1.82) is 0 Å². The zero-order valence-corrected chi connectivity index (χ0v) is 10.4. The number of hydrogen-bond donors (Lipinski definition) is 1. The molecular formula is C9H17N3O3S. The smallest absolute Gasteiger partial charge is 0.223 e. The molecule has 0 saturated carbocycles. The molecule has 1 aromatic rings. The molecule has 0 atom stereocenters. The summed E-state index contributed by atoms with van der Waals surface area (Å²) in [5.41, 5.74) is 0. The topological polar surface area (TPSA) is 85.1 Å². The van der Waals surface area contributed by atoms with Gasteiger partial charge in [0.1, 0.15) is 9.84 Å².